The lowest BCUT2D eigenvalue weighted by molar-refractivity contribution is -0.131. The van der Waals surface area contributed by atoms with Gasteiger partial charge in [0.2, 0.25) is 11.8 Å². The molecular weight excluding hydrogens is 326 g/mol. The second-order valence-electron chi connectivity index (χ2n) is 5.82. The van der Waals surface area contributed by atoms with Gasteiger partial charge in [-0.3, -0.25) is 4.79 Å². The highest BCUT2D eigenvalue weighted by atomic mass is 32.2. The van der Waals surface area contributed by atoms with Gasteiger partial charge in [-0.15, -0.1) is 10.2 Å². The van der Waals surface area contributed by atoms with Gasteiger partial charge < -0.3 is 14.1 Å². The Labute approximate surface area is 145 Å². The molecular formula is C17H21N3O3S. The summed E-state index contributed by atoms with van der Waals surface area (Å²) in [5.41, 5.74) is 0.825. The van der Waals surface area contributed by atoms with Gasteiger partial charge in [0, 0.05) is 18.2 Å². The van der Waals surface area contributed by atoms with Gasteiger partial charge in [-0.25, -0.2) is 0 Å². The van der Waals surface area contributed by atoms with Crippen LogP contribution in [-0.2, 0) is 4.79 Å². The number of amides is 1. The Kier molecular flexibility index (Phi) is 5.40. The maximum Gasteiger partial charge on any atom is 0.277 e. The summed E-state index contributed by atoms with van der Waals surface area (Å²) in [6.07, 6.45) is 3.37. The summed E-state index contributed by atoms with van der Waals surface area (Å²) >= 11 is 1.29. The summed E-state index contributed by atoms with van der Waals surface area (Å²) in [5, 5.41) is 8.48. The number of nitrogens with zero attached hydrogens (tertiary/aromatic N) is 3. The van der Waals surface area contributed by atoms with Crippen LogP contribution in [0.5, 0.6) is 5.75 Å². The third-order valence-corrected chi connectivity index (χ3v) is 4.99. The van der Waals surface area contributed by atoms with Crippen molar-refractivity contribution in [2.45, 2.75) is 37.5 Å². The standard InChI is InChI=1S/C17H21N3O3S/c1-12-5-3-4-10-20(12)15(21)11-24-17-19-18-16(23-17)13-6-8-14(22-2)9-7-13/h6-9,12H,3-5,10-11H2,1-2H3/t12-/m1/s1. The SMILES string of the molecule is COc1ccc(-c2nnc(SCC(=O)N3CCCC[C@H]3C)o2)cc1. The Morgan fingerprint density at radius 3 is 2.83 bits per heavy atom. The molecule has 0 N–H and O–H groups in total. The van der Waals surface area contributed by atoms with Crippen LogP contribution in [0.1, 0.15) is 26.2 Å². The van der Waals surface area contributed by atoms with Gasteiger partial charge in [0.1, 0.15) is 5.75 Å². The van der Waals surface area contributed by atoms with Crippen LogP contribution in [0.2, 0.25) is 0 Å². The maximum absolute atomic E-state index is 12.3. The highest BCUT2D eigenvalue weighted by Gasteiger charge is 2.23. The van der Waals surface area contributed by atoms with Crippen molar-refractivity contribution in [2.24, 2.45) is 0 Å². The first-order chi connectivity index (χ1) is 11.7. The Morgan fingerprint density at radius 2 is 2.12 bits per heavy atom. The number of hydrogen-bond acceptors (Lipinski definition) is 6. The van der Waals surface area contributed by atoms with Gasteiger partial charge in [0.25, 0.3) is 5.22 Å². The minimum atomic E-state index is 0.136. The molecule has 0 saturated carbocycles. The van der Waals surface area contributed by atoms with Crippen molar-refractivity contribution in [3.63, 3.8) is 0 Å². The fourth-order valence-electron chi connectivity index (χ4n) is 2.79. The van der Waals surface area contributed by atoms with Crippen LogP contribution >= 0.6 is 11.8 Å². The molecule has 1 aromatic heterocycles. The van der Waals surface area contributed by atoms with Crippen molar-refractivity contribution in [3.05, 3.63) is 24.3 Å². The van der Waals surface area contributed by atoms with Crippen LogP contribution < -0.4 is 4.74 Å². The summed E-state index contributed by atoms with van der Waals surface area (Å²) < 4.78 is 10.8. The van der Waals surface area contributed by atoms with E-state index in [2.05, 4.69) is 17.1 Å². The van der Waals surface area contributed by atoms with Gasteiger partial charge in [0.05, 0.1) is 12.9 Å². The molecule has 3 rings (SSSR count). The Balaban J connectivity index is 1.58. The molecule has 1 atom stereocenters. The monoisotopic (exact) mass is 347 g/mol. The van der Waals surface area contributed by atoms with E-state index in [1.807, 2.05) is 29.2 Å². The maximum atomic E-state index is 12.3. The molecule has 1 aromatic carbocycles. The highest BCUT2D eigenvalue weighted by molar-refractivity contribution is 7.99. The minimum absolute atomic E-state index is 0.136. The highest BCUT2D eigenvalue weighted by Crippen LogP contribution is 2.25. The molecule has 1 saturated heterocycles. The Hall–Kier alpha value is -2.02. The number of thioether (sulfide) groups is 1. The van der Waals surface area contributed by atoms with Crippen molar-refractivity contribution < 1.29 is 13.9 Å². The number of carbonyl (C=O) groups is 1. The molecule has 2 aromatic rings. The van der Waals surface area contributed by atoms with Crippen LogP contribution in [-0.4, -0.2) is 46.5 Å². The van der Waals surface area contributed by atoms with E-state index >= 15 is 0 Å². The lowest BCUT2D eigenvalue weighted by Crippen LogP contribution is -2.42. The van der Waals surface area contributed by atoms with Crippen LogP contribution in [0.4, 0.5) is 0 Å². The zero-order chi connectivity index (χ0) is 16.9. The zero-order valence-corrected chi connectivity index (χ0v) is 14.7. The Bertz CT molecular complexity index is 687. The molecule has 0 spiro atoms. The number of benzene rings is 1. The van der Waals surface area contributed by atoms with Gasteiger partial charge in [-0.1, -0.05) is 11.8 Å². The van der Waals surface area contributed by atoms with Gasteiger partial charge in [0.15, 0.2) is 0 Å². The summed E-state index contributed by atoms with van der Waals surface area (Å²) in [6, 6.07) is 7.73. The second-order valence-corrected chi connectivity index (χ2v) is 6.75. The smallest absolute Gasteiger partial charge is 0.277 e. The van der Waals surface area contributed by atoms with E-state index in [1.165, 1.54) is 18.2 Å². The number of carbonyl (C=O) groups excluding carboxylic acids is 1. The normalized spacial score (nSPS) is 17.8. The summed E-state index contributed by atoms with van der Waals surface area (Å²) in [6.45, 7) is 2.96. The molecule has 2 heterocycles. The topological polar surface area (TPSA) is 68.5 Å². The molecule has 1 amide bonds. The lowest BCUT2D eigenvalue weighted by Gasteiger charge is -2.33. The van der Waals surface area contributed by atoms with Crippen LogP contribution in [0.25, 0.3) is 11.5 Å². The van der Waals surface area contributed by atoms with E-state index in [1.54, 1.807) is 7.11 Å². The number of aromatic nitrogens is 2. The fraction of sp³-hybridized carbons (Fsp3) is 0.471. The molecule has 6 nitrogen and oxygen atoms in total. The van der Waals surface area contributed by atoms with E-state index in [4.69, 9.17) is 9.15 Å². The molecule has 1 aliphatic rings. The second kappa shape index (κ2) is 7.70. The van der Waals surface area contributed by atoms with Gasteiger partial charge in [-0.2, -0.15) is 0 Å². The first kappa shape index (κ1) is 16.8. The average Bonchev–Trinajstić information content (AvgIpc) is 3.09. The fourth-order valence-corrected chi connectivity index (χ4v) is 3.44. The van der Waals surface area contributed by atoms with E-state index in [0.29, 0.717) is 22.9 Å². The van der Waals surface area contributed by atoms with Crippen molar-refractivity contribution in [2.75, 3.05) is 19.4 Å². The first-order valence-corrected chi connectivity index (χ1v) is 9.06. The molecule has 128 valence electrons. The van der Waals surface area contributed by atoms with E-state index in [-0.39, 0.29) is 5.91 Å². The van der Waals surface area contributed by atoms with Crippen molar-refractivity contribution in [3.8, 4) is 17.2 Å². The third-order valence-electron chi connectivity index (χ3n) is 4.19. The van der Waals surface area contributed by atoms with Crippen molar-refractivity contribution in [1.29, 1.82) is 0 Å². The number of ether oxygens (including phenoxy) is 1. The Morgan fingerprint density at radius 1 is 1.33 bits per heavy atom. The molecule has 0 radical (unpaired) electrons. The van der Waals surface area contributed by atoms with Crippen molar-refractivity contribution >= 4 is 17.7 Å². The average molecular weight is 347 g/mol. The third kappa shape index (κ3) is 3.90. The molecule has 0 bridgehead atoms. The van der Waals surface area contributed by atoms with Crippen LogP contribution in [0.15, 0.2) is 33.9 Å². The minimum Gasteiger partial charge on any atom is -0.497 e. The lowest BCUT2D eigenvalue weighted by atomic mass is 10.0. The molecule has 1 aliphatic heterocycles. The first-order valence-electron chi connectivity index (χ1n) is 8.07. The zero-order valence-electron chi connectivity index (χ0n) is 13.9. The number of hydrogen-bond donors (Lipinski definition) is 0. The van der Waals surface area contributed by atoms with Gasteiger partial charge >= 0.3 is 0 Å². The number of rotatable bonds is 5. The van der Waals surface area contributed by atoms with Gasteiger partial charge in [-0.05, 0) is 50.5 Å². The largest absolute Gasteiger partial charge is 0.497 e. The molecule has 1 fully saturated rings. The molecule has 7 heteroatoms. The summed E-state index contributed by atoms with van der Waals surface area (Å²) in [7, 11) is 1.62. The predicted molar refractivity (Wildman–Crippen MR) is 92.0 cm³/mol. The number of methoxy groups -OCH3 is 1. The van der Waals surface area contributed by atoms with Crippen LogP contribution in [0.3, 0.4) is 0 Å². The van der Waals surface area contributed by atoms with Crippen LogP contribution in [0, 0.1) is 0 Å². The molecule has 0 unspecified atom stereocenters. The van der Waals surface area contributed by atoms with E-state index in [0.717, 1.165) is 30.7 Å². The summed E-state index contributed by atoms with van der Waals surface area (Å²) in [4.78, 5) is 14.3. The summed E-state index contributed by atoms with van der Waals surface area (Å²) in [5.74, 6) is 1.68. The quantitative estimate of drug-likeness (QED) is 0.774. The number of likely N-dealkylation sites (tertiary alicyclic amines) is 1. The van der Waals surface area contributed by atoms with E-state index < -0.39 is 0 Å². The van der Waals surface area contributed by atoms with Crippen molar-refractivity contribution in [1.82, 2.24) is 15.1 Å². The molecule has 0 aliphatic carbocycles. The predicted octanol–water partition coefficient (Wildman–Crippen LogP) is 3.24. The molecule has 24 heavy (non-hydrogen) atoms. The number of piperidine rings is 1. The van der Waals surface area contributed by atoms with E-state index in [9.17, 15) is 4.79 Å².